The van der Waals surface area contributed by atoms with E-state index in [0.29, 0.717) is 0 Å². The molecule has 106 valence electrons. The van der Waals surface area contributed by atoms with E-state index in [0.717, 1.165) is 9.80 Å². The summed E-state index contributed by atoms with van der Waals surface area (Å²) in [6, 6.07) is -1.73. The largest absolute Gasteiger partial charge is 0.480 e. The van der Waals surface area contributed by atoms with Crippen LogP contribution in [-0.4, -0.2) is 69.5 Å². The Kier molecular flexibility index (Phi) is 4.98. The number of hydrogen-bond donors (Lipinski definition) is 3. The Hall–Kier alpha value is -1.97. The molecule has 1 saturated heterocycles. The van der Waals surface area contributed by atoms with Gasteiger partial charge in [-0.15, -0.1) is 11.8 Å². The summed E-state index contributed by atoms with van der Waals surface area (Å²) in [4.78, 5) is 46.7. The lowest BCUT2D eigenvalue weighted by Crippen LogP contribution is -2.52. The number of carboxylic acid groups (broad SMARTS) is 1. The zero-order valence-electron chi connectivity index (χ0n) is 9.94. The van der Waals surface area contributed by atoms with Gasteiger partial charge in [0.15, 0.2) is 0 Å². The number of carbonyl (C=O) groups excluding carboxylic acids is 3. The molecular formula is C9H14N4O5S. The van der Waals surface area contributed by atoms with Gasteiger partial charge in [-0.05, 0) is 0 Å². The minimum Gasteiger partial charge on any atom is -0.480 e. The fourth-order valence-electron chi connectivity index (χ4n) is 1.58. The van der Waals surface area contributed by atoms with E-state index in [4.69, 9.17) is 16.6 Å². The van der Waals surface area contributed by atoms with Gasteiger partial charge in [0, 0.05) is 5.75 Å². The van der Waals surface area contributed by atoms with Gasteiger partial charge < -0.3 is 26.4 Å². The van der Waals surface area contributed by atoms with E-state index in [1.807, 2.05) is 0 Å². The number of amides is 4. The van der Waals surface area contributed by atoms with Crippen molar-refractivity contribution in [2.75, 3.05) is 24.7 Å². The number of nitrogens with zero attached hydrogens (tertiary/aromatic N) is 2. The van der Waals surface area contributed by atoms with Crippen molar-refractivity contribution in [3.05, 3.63) is 0 Å². The molecule has 1 atom stereocenters. The minimum absolute atomic E-state index is 0.170. The van der Waals surface area contributed by atoms with Crippen LogP contribution in [0.4, 0.5) is 4.79 Å². The monoisotopic (exact) mass is 290 g/mol. The first kappa shape index (κ1) is 15.1. The molecule has 0 aliphatic carbocycles. The van der Waals surface area contributed by atoms with Gasteiger partial charge in [0.1, 0.15) is 19.1 Å². The molecule has 0 bridgehead atoms. The normalized spacial score (nSPS) is 18.1. The fraction of sp³-hybridized carbons (Fsp3) is 0.556. The van der Waals surface area contributed by atoms with Crippen LogP contribution in [0, 0.1) is 0 Å². The highest BCUT2D eigenvalue weighted by atomic mass is 32.2. The van der Waals surface area contributed by atoms with Crippen molar-refractivity contribution < 1.29 is 24.3 Å². The number of primary amides is 2. The van der Waals surface area contributed by atoms with E-state index < -0.39 is 42.9 Å². The van der Waals surface area contributed by atoms with Crippen molar-refractivity contribution in [3.63, 3.8) is 0 Å². The predicted molar refractivity (Wildman–Crippen MR) is 65.9 cm³/mol. The van der Waals surface area contributed by atoms with Gasteiger partial charge in [0.05, 0.1) is 5.88 Å². The van der Waals surface area contributed by atoms with Crippen LogP contribution in [0.15, 0.2) is 0 Å². The van der Waals surface area contributed by atoms with E-state index in [1.54, 1.807) is 0 Å². The number of carbonyl (C=O) groups is 4. The Labute approximate surface area is 112 Å². The molecule has 10 heteroatoms. The highest BCUT2D eigenvalue weighted by molar-refractivity contribution is 7.99. The zero-order chi connectivity index (χ0) is 14.6. The Morgan fingerprint density at radius 1 is 1.21 bits per heavy atom. The minimum atomic E-state index is -1.14. The molecule has 1 rings (SSSR count). The predicted octanol–water partition coefficient (Wildman–Crippen LogP) is -2.16. The Morgan fingerprint density at radius 3 is 2.16 bits per heavy atom. The van der Waals surface area contributed by atoms with Crippen LogP contribution < -0.4 is 11.5 Å². The summed E-state index contributed by atoms with van der Waals surface area (Å²) in [5.74, 6) is -2.34. The Morgan fingerprint density at radius 2 is 1.74 bits per heavy atom. The number of nitrogens with two attached hydrogens (primary N) is 2. The summed E-state index contributed by atoms with van der Waals surface area (Å²) >= 11 is 1.27. The van der Waals surface area contributed by atoms with Crippen LogP contribution in [0.5, 0.6) is 0 Å². The van der Waals surface area contributed by atoms with Gasteiger partial charge in [-0.1, -0.05) is 0 Å². The quantitative estimate of drug-likeness (QED) is 0.525. The van der Waals surface area contributed by atoms with Gasteiger partial charge in [0.2, 0.25) is 11.8 Å². The van der Waals surface area contributed by atoms with E-state index in [2.05, 4.69) is 0 Å². The molecule has 1 heterocycles. The lowest BCUT2D eigenvalue weighted by atomic mass is 10.3. The van der Waals surface area contributed by atoms with Crippen molar-refractivity contribution in [3.8, 4) is 0 Å². The van der Waals surface area contributed by atoms with E-state index >= 15 is 0 Å². The zero-order valence-corrected chi connectivity index (χ0v) is 10.8. The summed E-state index contributed by atoms with van der Waals surface area (Å²) in [6.07, 6.45) is 0. The second-order valence-corrected chi connectivity index (χ2v) is 4.89. The van der Waals surface area contributed by atoms with Crippen LogP contribution >= 0.6 is 11.8 Å². The van der Waals surface area contributed by atoms with Crippen molar-refractivity contribution in [2.24, 2.45) is 11.5 Å². The molecule has 0 radical (unpaired) electrons. The maximum Gasteiger partial charge on any atom is 0.327 e. The van der Waals surface area contributed by atoms with E-state index in [1.165, 1.54) is 11.8 Å². The topological polar surface area (TPSA) is 147 Å². The maximum atomic E-state index is 12.1. The molecule has 1 aliphatic rings. The van der Waals surface area contributed by atoms with Crippen LogP contribution in [0.2, 0.25) is 0 Å². The highest BCUT2D eigenvalue weighted by Crippen LogP contribution is 2.22. The summed E-state index contributed by atoms with van der Waals surface area (Å²) < 4.78 is 0. The van der Waals surface area contributed by atoms with Crippen LogP contribution in [-0.2, 0) is 14.4 Å². The standard InChI is InChI=1S/C9H14N4O5S/c10-6(14)1-12(2-7(11)15)9(18)13-4-19-3-5(13)8(16)17/h5H,1-4H2,(H2,10,14)(H2,11,15)(H,16,17)/t5-/m0/s1. The van der Waals surface area contributed by atoms with Crippen molar-refractivity contribution in [1.82, 2.24) is 9.80 Å². The molecule has 0 aromatic carbocycles. The number of urea groups is 1. The van der Waals surface area contributed by atoms with Gasteiger partial charge >= 0.3 is 12.0 Å². The van der Waals surface area contributed by atoms with Gasteiger partial charge in [-0.25, -0.2) is 9.59 Å². The summed E-state index contributed by atoms with van der Waals surface area (Å²) in [6.45, 7) is -0.982. The van der Waals surface area contributed by atoms with Gasteiger partial charge in [-0.2, -0.15) is 0 Å². The molecule has 1 fully saturated rings. The Balaban J connectivity index is 2.82. The lowest BCUT2D eigenvalue weighted by molar-refractivity contribution is -0.140. The van der Waals surface area contributed by atoms with Crippen molar-refractivity contribution in [2.45, 2.75) is 6.04 Å². The first-order chi connectivity index (χ1) is 8.82. The third-order valence-electron chi connectivity index (χ3n) is 2.38. The lowest BCUT2D eigenvalue weighted by Gasteiger charge is -2.28. The summed E-state index contributed by atoms with van der Waals surface area (Å²) in [5, 5.41) is 8.97. The Bertz CT molecular complexity index is 399. The molecule has 0 saturated carbocycles. The first-order valence-electron chi connectivity index (χ1n) is 5.25. The van der Waals surface area contributed by atoms with E-state index in [9.17, 15) is 19.2 Å². The molecule has 0 aromatic heterocycles. The average Bonchev–Trinajstić information content (AvgIpc) is 2.74. The fourth-order valence-corrected chi connectivity index (χ4v) is 2.72. The number of aliphatic carboxylic acids is 1. The molecule has 5 N–H and O–H groups in total. The van der Waals surface area contributed by atoms with E-state index in [-0.39, 0.29) is 11.6 Å². The van der Waals surface area contributed by atoms with Crippen molar-refractivity contribution in [1.29, 1.82) is 0 Å². The third-order valence-corrected chi connectivity index (χ3v) is 3.39. The average molecular weight is 290 g/mol. The third kappa shape index (κ3) is 4.02. The number of rotatable bonds is 5. The number of hydrogen-bond acceptors (Lipinski definition) is 5. The number of thioether (sulfide) groups is 1. The van der Waals surface area contributed by atoms with Crippen LogP contribution in [0.25, 0.3) is 0 Å². The van der Waals surface area contributed by atoms with Gasteiger partial charge in [0.25, 0.3) is 0 Å². The molecule has 9 nitrogen and oxygen atoms in total. The molecule has 0 aromatic rings. The van der Waals surface area contributed by atoms with Crippen LogP contribution in [0.3, 0.4) is 0 Å². The summed E-state index contributed by atoms with van der Waals surface area (Å²) in [5.41, 5.74) is 9.95. The summed E-state index contributed by atoms with van der Waals surface area (Å²) in [7, 11) is 0. The molecule has 0 unspecified atom stereocenters. The molecular weight excluding hydrogens is 276 g/mol. The van der Waals surface area contributed by atoms with Crippen molar-refractivity contribution >= 4 is 35.6 Å². The molecule has 0 spiro atoms. The second kappa shape index (κ2) is 6.27. The second-order valence-electron chi connectivity index (χ2n) is 3.89. The molecule has 1 aliphatic heterocycles. The number of carboxylic acids is 1. The molecule has 4 amide bonds. The SMILES string of the molecule is NC(=O)CN(CC(N)=O)C(=O)N1CSC[C@H]1C(=O)O. The van der Waals surface area contributed by atoms with Gasteiger partial charge in [-0.3, -0.25) is 9.59 Å². The van der Waals surface area contributed by atoms with Crippen LogP contribution in [0.1, 0.15) is 0 Å². The smallest absolute Gasteiger partial charge is 0.327 e. The highest BCUT2D eigenvalue weighted by Gasteiger charge is 2.37. The first-order valence-corrected chi connectivity index (χ1v) is 6.41. The molecule has 19 heavy (non-hydrogen) atoms. The maximum absolute atomic E-state index is 12.1.